The summed E-state index contributed by atoms with van der Waals surface area (Å²) in [5.41, 5.74) is 5.37. The number of halogens is 3. The number of hydrogen-bond donors (Lipinski definition) is 2. The average Bonchev–Trinajstić information content (AvgIpc) is 2.75. The number of nitrogens with one attached hydrogen (secondary N) is 2. The summed E-state index contributed by atoms with van der Waals surface area (Å²) in [5.74, 6) is -0.496. The lowest BCUT2D eigenvalue weighted by Gasteiger charge is -2.11. The van der Waals surface area contributed by atoms with Crippen LogP contribution in [-0.4, -0.2) is 24.6 Å². The van der Waals surface area contributed by atoms with Gasteiger partial charge in [0, 0.05) is 19.3 Å². The molecule has 0 aliphatic rings. The van der Waals surface area contributed by atoms with Gasteiger partial charge in [0.1, 0.15) is 0 Å². The van der Waals surface area contributed by atoms with E-state index in [2.05, 4.69) is 70.3 Å². The maximum absolute atomic E-state index is 12.7. The van der Waals surface area contributed by atoms with E-state index in [1.54, 1.807) is 24.3 Å². The maximum atomic E-state index is 12.7. The van der Waals surface area contributed by atoms with Gasteiger partial charge < -0.3 is 10.1 Å². The number of carbonyl (C=O) groups excluding carboxylic acids is 2. The lowest BCUT2D eigenvalue weighted by molar-refractivity contribution is -0.119. The van der Waals surface area contributed by atoms with Crippen molar-refractivity contribution in [1.29, 1.82) is 0 Å². The van der Waals surface area contributed by atoms with E-state index in [0.29, 0.717) is 21.3 Å². The fourth-order valence-corrected chi connectivity index (χ4v) is 4.67. The Morgan fingerprint density at radius 3 is 2.56 bits per heavy atom. The van der Waals surface area contributed by atoms with Crippen LogP contribution in [0.25, 0.3) is 0 Å². The number of aryl methyl sites for hydroxylation is 1. The van der Waals surface area contributed by atoms with Crippen molar-refractivity contribution in [2.45, 2.75) is 6.92 Å². The van der Waals surface area contributed by atoms with Crippen molar-refractivity contribution in [2.24, 2.45) is 5.10 Å². The second-order valence-electron chi connectivity index (χ2n) is 6.64. The van der Waals surface area contributed by atoms with Crippen molar-refractivity contribution < 1.29 is 14.3 Å². The molecule has 0 unspecified atom stereocenters. The molecule has 32 heavy (non-hydrogen) atoms. The number of anilines is 1. The number of carbonyl (C=O) groups is 2. The molecule has 0 bridgehead atoms. The predicted octanol–water partition coefficient (Wildman–Crippen LogP) is 5.91. The molecule has 0 saturated heterocycles. The Hall–Kier alpha value is -2.24. The molecule has 1 amide bonds. The zero-order chi connectivity index (χ0) is 23.1. The minimum atomic E-state index is -0.487. The quantitative estimate of drug-likeness (QED) is 0.108. The summed E-state index contributed by atoms with van der Waals surface area (Å²) in [6.45, 7) is 2.03. The van der Waals surface area contributed by atoms with Crippen LogP contribution in [0.3, 0.4) is 0 Å². The van der Waals surface area contributed by atoms with Crippen molar-refractivity contribution in [2.75, 3.05) is 11.9 Å². The number of hydrazone groups is 1. The topological polar surface area (TPSA) is 79.8 Å². The highest BCUT2D eigenvalue weighted by Crippen LogP contribution is 2.33. The first-order chi connectivity index (χ1) is 15.3. The fraction of sp³-hybridized carbons (Fsp3) is 0.0870. The average molecular weight is 671 g/mol. The highest BCUT2D eigenvalue weighted by molar-refractivity contribution is 14.1. The third kappa shape index (κ3) is 6.63. The van der Waals surface area contributed by atoms with Crippen molar-refractivity contribution in [3.8, 4) is 5.75 Å². The van der Waals surface area contributed by atoms with Crippen LogP contribution in [-0.2, 0) is 4.79 Å². The summed E-state index contributed by atoms with van der Waals surface area (Å²) in [6, 6.07) is 18.4. The Labute approximate surface area is 216 Å². The summed E-state index contributed by atoms with van der Waals surface area (Å²) in [7, 11) is 0. The summed E-state index contributed by atoms with van der Waals surface area (Å²) >= 11 is 8.93. The summed E-state index contributed by atoms with van der Waals surface area (Å²) in [4.78, 5) is 24.8. The SMILES string of the molecule is Cc1ccccc1NCC(=O)N/N=C/c1cc(Br)cc(Br)c1OC(=O)c1ccccc1I. The minimum absolute atomic E-state index is 0.0681. The number of para-hydroxylation sites is 1. The van der Waals surface area contributed by atoms with E-state index < -0.39 is 5.97 Å². The lowest BCUT2D eigenvalue weighted by Crippen LogP contribution is -2.26. The Balaban J connectivity index is 1.70. The normalized spacial score (nSPS) is 10.8. The molecule has 6 nitrogen and oxygen atoms in total. The van der Waals surface area contributed by atoms with Crippen LogP contribution < -0.4 is 15.5 Å². The van der Waals surface area contributed by atoms with E-state index in [4.69, 9.17) is 4.74 Å². The summed E-state index contributed by atoms with van der Waals surface area (Å²) in [6.07, 6.45) is 1.43. The molecule has 0 aromatic heterocycles. The zero-order valence-electron chi connectivity index (χ0n) is 16.9. The van der Waals surface area contributed by atoms with Crippen LogP contribution in [0.1, 0.15) is 21.5 Å². The Morgan fingerprint density at radius 1 is 1.09 bits per heavy atom. The summed E-state index contributed by atoms with van der Waals surface area (Å²) in [5, 5.41) is 7.09. The van der Waals surface area contributed by atoms with E-state index in [1.807, 2.05) is 43.3 Å². The molecule has 164 valence electrons. The van der Waals surface area contributed by atoms with Gasteiger partial charge in [0.15, 0.2) is 5.75 Å². The number of ether oxygens (including phenoxy) is 1. The van der Waals surface area contributed by atoms with Crippen molar-refractivity contribution in [3.05, 3.63) is 89.9 Å². The van der Waals surface area contributed by atoms with Gasteiger partial charge in [0.2, 0.25) is 0 Å². The lowest BCUT2D eigenvalue weighted by atomic mass is 10.2. The van der Waals surface area contributed by atoms with Crippen molar-refractivity contribution >= 4 is 78.2 Å². The van der Waals surface area contributed by atoms with E-state index in [0.717, 1.165) is 19.3 Å². The first-order valence-electron chi connectivity index (χ1n) is 9.42. The van der Waals surface area contributed by atoms with E-state index >= 15 is 0 Å². The van der Waals surface area contributed by atoms with Crippen LogP contribution >= 0.6 is 54.5 Å². The highest BCUT2D eigenvalue weighted by atomic mass is 127. The van der Waals surface area contributed by atoms with Crippen molar-refractivity contribution in [3.63, 3.8) is 0 Å². The standard InChI is InChI=1S/C23H18Br2IN3O3/c1-14-6-2-5-9-20(14)27-13-21(30)29-28-12-15-10-16(24)11-18(25)22(15)32-23(31)17-7-3-4-8-19(17)26/h2-12,27H,13H2,1H3,(H,29,30)/b28-12+. The van der Waals surface area contributed by atoms with Gasteiger partial charge >= 0.3 is 5.97 Å². The highest BCUT2D eigenvalue weighted by Gasteiger charge is 2.17. The minimum Gasteiger partial charge on any atom is -0.421 e. The summed E-state index contributed by atoms with van der Waals surface area (Å²) < 4.78 is 7.76. The molecule has 3 aromatic carbocycles. The molecule has 2 N–H and O–H groups in total. The molecular weight excluding hydrogens is 653 g/mol. The van der Waals surface area contributed by atoms with Gasteiger partial charge in [-0.3, -0.25) is 4.79 Å². The number of esters is 1. The van der Waals surface area contributed by atoms with Gasteiger partial charge in [-0.15, -0.1) is 0 Å². The molecule has 0 saturated carbocycles. The Kier molecular flexibility index (Phi) is 8.83. The predicted molar refractivity (Wildman–Crippen MR) is 141 cm³/mol. The molecule has 0 radical (unpaired) electrons. The molecule has 0 aliphatic carbocycles. The molecule has 0 heterocycles. The molecular formula is C23H18Br2IN3O3. The van der Waals surface area contributed by atoms with Crippen LogP contribution in [0.2, 0.25) is 0 Å². The molecule has 0 spiro atoms. The molecule has 0 fully saturated rings. The molecule has 0 atom stereocenters. The molecule has 9 heteroatoms. The molecule has 3 rings (SSSR count). The molecule has 3 aromatic rings. The first-order valence-corrected chi connectivity index (χ1v) is 12.1. The fourth-order valence-electron chi connectivity index (χ4n) is 2.72. The van der Waals surface area contributed by atoms with E-state index in [9.17, 15) is 9.59 Å². The third-order valence-electron chi connectivity index (χ3n) is 4.30. The number of nitrogens with zero attached hydrogens (tertiary/aromatic N) is 1. The second kappa shape index (κ2) is 11.6. The van der Waals surface area contributed by atoms with Crippen LogP contribution in [0.5, 0.6) is 5.75 Å². The molecule has 0 aliphatic heterocycles. The van der Waals surface area contributed by atoms with Gasteiger partial charge in [-0.2, -0.15) is 5.10 Å². The Morgan fingerprint density at radius 2 is 1.81 bits per heavy atom. The zero-order valence-corrected chi connectivity index (χ0v) is 22.2. The monoisotopic (exact) mass is 669 g/mol. The van der Waals surface area contributed by atoms with Gasteiger partial charge in [-0.05, 0) is 81.3 Å². The van der Waals surface area contributed by atoms with E-state index in [-0.39, 0.29) is 12.5 Å². The number of hydrogen-bond acceptors (Lipinski definition) is 5. The third-order valence-corrected chi connectivity index (χ3v) is 6.29. The van der Waals surface area contributed by atoms with Crippen LogP contribution in [0, 0.1) is 10.5 Å². The van der Waals surface area contributed by atoms with Gasteiger partial charge in [0.25, 0.3) is 5.91 Å². The smallest absolute Gasteiger partial charge is 0.344 e. The van der Waals surface area contributed by atoms with E-state index in [1.165, 1.54) is 6.21 Å². The van der Waals surface area contributed by atoms with Crippen LogP contribution in [0.4, 0.5) is 5.69 Å². The maximum Gasteiger partial charge on any atom is 0.344 e. The van der Waals surface area contributed by atoms with Gasteiger partial charge in [0.05, 0.1) is 22.8 Å². The Bertz CT molecular complexity index is 1180. The van der Waals surface area contributed by atoms with Crippen LogP contribution in [0.15, 0.2) is 74.7 Å². The number of amides is 1. The van der Waals surface area contributed by atoms with Gasteiger partial charge in [-0.1, -0.05) is 46.3 Å². The largest absolute Gasteiger partial charge is 0.421 e. The number of benzene rings is 3. The second-order valence-corrected chi connectivity index (χ2v) is 9.57. The first kappa shape index (κ1) is 24.4. The number of rotatable bonds is 7. The van der Waals surface area contributed by atoms with Crippen molar-refractivity contribution in [1.82, 2.24) is 5.43 Å². The van der Waals surface area contributed by atoms with Gasteiger partial charge in [-0.25, -0.2) is 10.2 Å².